The number of rotatable bonds is 5. The van der Waals surface area contributed by atoms with Gasteiger partial charge in [0.1, 0.15) is 12.4 Å². The number of hydrogen-bond donors (Lipinski definition) is 0. The molecule has 0 saturated heterocycles. The van der Waals surface area contributed by atoms with Gasteiger partial charge in [-0.1, -0.05) is 60.7 Å². The summed E-state index contributed by atoms with van der Waals surface area (Å²) in [5.74, 6) is 0.972. The van der Waals surface area contributed by atoms with Crippen LogP contribution in [0.2, 0.25) is 0 Å². The van der Waals surface area contributed by atoms with Crippen LogP contribution in [0.4, 0.5) is 0 Å². The van der Waals surface area contributed by atoms with Crippen molar-refractivity contribution >= 4 is 0 Å². The van der Waals surface area contributed by atoms with Crippen LogP contribution >= 0.6 is 0 Å². The van der Waals surface area contributed by atoms with Crippen molar-refractivity contribution in [3.8, 4) is 5.75 Å². The lowest BCUT2D eigenvalue weighted by Crippen LogP contribution is -1.98. The standard InChI is InChI=1S/C17H18O/c1-2-3-13-18-17-12-8-7-11-16(17)14-15-9-5-4-6-10-15/h2-12H,13-14H2,1H3/b3-2+. The predicted octanol–water partition coefficient (Wildman–Crippen LogP) is 4.23. The maximum atomic E-state index is 5.76. The molecule has 0 radical (unpaired) electrons. The molecule has 0 bridgehead atoms. The minimum atomic E-state index is 0.627. The third-order valence-electron chi connectivity index (χ3n) is 2.78. The molecule has 0 fully saturated rings. The summed E-state index contributed by atoms with van der Waals surface area (Å²) >= 11 is 0. The Morgan fingerprint density at radius 3 is 2.44 bits per heavy atom. The van der Waals surface area contributed by atoms with Gasteiger partial charge in [0.05, 0.1) is 0 Å². The van der Waals surface area contributed by atoms with Gasteiger partial charge in [-0.25, -0.2) is 0 Å². The fraction of sp³-hybridized carbons (Fsp3) is 0.176. The van der Waals surface area contributed by atoms with Gasteiger partial charge < -0.3 is 4.74 Å². The van der Waals surface area contributed by atoms with E-state index in [2.05, 4.69) is 36.4 Å². The minimum Gasteiger partial charge on any atom is -0.489 e. The molecule has 0 unspecified atom stereocenters. The molecule has 1 heteroatoms. The highest BCUT2D eigenvalue weighted by atomic mass is 16.5. The Balaban J connectivity index is 2.12. The van der Waals surface area contributed by atoms with Crippen molar-refractivity contribution in [1.29, 1.82) is 0 Å². The molecule has 2 aromatic rings. The molecule has 2 rings (SSSR count). The van der Waals surface area contributed by atoms with Crippen molar-refractivity contribution in [2.45, 2.75) is 13.3 Å². The summed E-state index contributed by atoms with van der Waals surface area (Å²) in [6.45, 7) is 2.63. The highest BCUT2D eigenvalue weighted by Gasteiger charge is 2.03. The molecule has 92 valence electrons. The van der Waals surface area contributed by atoms with E-state index in [-0.39, 0.29) is 0 Å². The first-order valence-electron chi connectivity index (χ1n) is 6.26. The topological polar surface area (TPSA) is 9.23 Å². The molecule has 0 saturated carbocycles. The van der Waals surface area contributed by atoms with Crippen molar-refractivity contribution in [2.24, 2.45) is 0 Å². The molecule has 0 aromatic heterocycles. The average Bonchev–Trinajstić information content (AvgIpc) is 2.42. The van der Waals surface area contributed by atoms with Gasteiger partial charge in [0.2, 0.25) is 0 Å². The molecule has 0 heterocycles. The van der Waals surface area contributed by atoms with Crippen LogP contribution in [0.25, 0.3) is 0 Å². The Hall–Kier alpha value is -2.02. The van der Waals surface area contributed by atoms with Gasteiger partial charge in [0.25, 0.3) is 0 Å². The molecule has 2 aromatic carbocycles. The van der Waals surface area contributed by atoms with Crippen LogP contribution < -0.4 is 4.74 Å². The van der Waals surface area contributed by atoms with Gasteiger partial charge in [0.15, 0.2) is 0 Å². The zero-order valence-corrected chi connectivity index (χ0v) is 10.7. The van der Waals surface area contributed by atoms with Crippen molar-refractivity contribution in [2.75, 3.05) is 6.61 Å². The Kier molecular flexibility index (Phi) is 4.60. The monoisotopic (exact) mass is 238 g/mol. The quantitative estimate of drug-likeness (QED) is 0.708. The third kappa shape index (κ3) is 3.49. The molecule has 0 aliphatic rings. The highest BCUT2D eigenvalue weighted by Crippen LogP contribution is 2.21. The molecule has 0 aliphatic heterocycles. The lowest BCUT2D eigenvalue weighted by molar-refractivity contribution is 0.359. The zero-order valence-electron chi connectivity index (χ0n) is 10.7. The molecule has 0 aliphatic carbocycles. The Bertz CT molecular complexity index is 500. The second-order valence-corrected chi connectivity index (χ2v) is 4.15. The van der Waals surface area contributed by atoms with Crippen LogP contribution in [0.3, 0.4) is 0 Å². The summed E-state index contributed by atoms with van der Waals surface area (Å²) in [5.41, 5.74) is 2.53. The lowest BCUT2D eigenvalue weighted by Gasteiger charge is -2.10. The second kappa shape index (κ2) is 6.65. The number of benzene rings is 2. The maximum absolute atomic E-state index is 5.76. The third-order valence-corrected chi connectivity index (χ3v) is 2.78. The molecule has 0 N–H and O–H groups in total. The molecule has 0 amide bonds. The SMILES string of the molecule is C/C=C/COc1ccccc1Cc1ccccc1. The van der Waals surface area contributed by atoms with Crippen LogP contribution in [0.5, 0.6) is 5.75 Å². The van der Waals surface area contributed by atoms with Gasteiger partial charge in [0, 0.05) is 6.42 Å². The van der Waals surface area contributed by atoms with E-state index in [0.717, 1.165) is 12.2 Å². The van der Waals surface area contributed by atoms with E-state index in [1.54, 1.807) is 0 Å². The van der Waals surface area contributed by atoms with E-state index in [0.29, 0.717) is 6.61 Å². The summed E-state index contributed by atoms with van der Waals surface area (Å²) in [7, 11) is 0. The van der Waals surface area contributed by atoms with E-state index in [1.807, 2.05) is 37.3 Å². The molecule has 1 nitrogen and oxygen atoms in total. The lowest BCUT2D eigenvalue weighted by atomic mass is 10.0. The number of ether oxygens (including phenoxy) is 1. The second-order valence-electron chi connectivity index (χ2n) is 4.15. The Morgan fingerprint density at radius 2 is 1.67 bits per heavy atom. The normalized spacial score (nSPS) is 10.7. The van der Waals surface area contributed by atoms with Crippen molar-refractivity contribution in [3.05, 3.63) is 77.9 Å². The predicted molar refractivity (Wildman–Crippen MR) is 76.0 cm³/mol. The Labute approximate surface area is 109 Å². The number of allylic oxidation sites excluding steroid dienone is 1. The summed E-state index contributed by atoms with van der Waals surface area (Å²) in [4.78, 5) is 0. The summed E-state index contributed by atoms with van der Waals surface area (Å²) in [5, 5.41) is 0. The molecular weight excluding hydrogens is 220 g/mol. The minimum absolute atomic E-state index is 0.627. The first-order valence-corrected chi connectivity index (χ1v) is 6.26. The van der Waals surface area contributed by atoms with Gasteiger partial charge in [-0.3, -0.25) is 0 Å². The number of hydrogen-bond acceptors (Lipinski definition) is 1. The van der Waals surface area contributed by atoms with E-state index in [9.17, 15) is 0 Å². The molecular formula is C17H18O. The van der Waals surface area contributed by atoms with Crippen LogP contribution in [0, 0.1) is 0 Å². The summed E-state index contributed by atoms with van der Waals surface area (Å²) in [6.07, 6.45) is 4.92. The zero-order chi connectivity index (χ0) is 12.6. The first kappa shape index (κ1) is 12.4. The first-order chi connectivity index (χ1) is 8.90. The number of para-hydroxylation sites is 1. The van der Waals surface area contributed by atoms with Crippen LogP contribution in [-0.2, 0) is 6.42 Å². The van der Waals surface area contributed by atoms with E-state index in [1.165, 1.54) is 11.1 Å². The van der Waals surface area contributed by atoms with Crippen LogP contribution in [0.15, 0.2) is 66.7 Å². The van der Waals surface area contributed by atoms with Crippen molar-refractivity contribution in [3.63, 3.8) is 0 Å². The molecule has 0 spiro atoms. The molecule has 18 heavy (non-hydrogen) atoms. The van der Waals surface area contributed by atoms with E-state index >= 15 is 0 Å². The smallest absolute Gasteiger partial charge is 0.123 e. The van der Waals surface area contributed by atoms with Crippen LogP contribution in [-0.4, -0.2) is 6.61 Å². The summed E-state index contributed by atoms with van der Waals surface area (Å²) in [6, 6.07) is 18.7. The van der Waals surface area contributed by atoms with Crippen LogP contribution in [0.1, 0.15) is 18.1 Å². The largest absolute Gasteiger partial charge is 0.489 e. The fourth-order valence-corrected chi connectivity index (χ4v) is 1.84. The van der Waals surface area contributed by atoms with E-state index in [4.69, 9.17) is 4.74 Å². The average molecular weight is 238 g/mol. The van der Waals surface area contributed by atoms with Gasteiger partial charge in [-0.15, -0.1) is 0 Å². The highest BCUT2D eigenvalue weighted by molar-refractivity contribution is 5.37. The summed E-state index contributed by atoms with van der Waals surface area (Å²) < 4.78 is 5.76. The van der Waals surface area contributed by atoms with Crippen molar-refractivity contribution in [1.82, 2.24) is 0 Å². The molecule has 0 atom stereocenters. The van der Waals surface area contributed by atoms with Gasteiger partial charge >= 0.3 is 0 Å². The van der Waals surface area contributed by atoms with E-state index < -0.39 is 0 Å². The fourth-order valence-electron chi connectivity index (χ4n) is 1.84. The van der Waals surface area contributed by atoms with Gasteiger partial charge in [-0.05, 0) is 24.1 Å². The Morgan fingerprint density at radius 1 is 0.944 bits per heavy atom. The van der Waals surface area contributed by atoms with Crippen molar-refractivity contribution < 1.29 is 4.74 Å². The maximum Gasteiger partial charge on any atom is 0.123 e. The van der Waals surface area contributed by atoms with Gasteiger partial charge in [-0.2, -0.15) is 0 Å².